The van der Waals surface area contributed by atoms with Crippen molar-refractivity contribution in [3.05, 3.63) is 119 Å². The highest BCUT2D eigenvalue weighted by Gasteiger charge is 2.14. The maximum atomic E-state index is 13.4. The number of hydrogen-bond acceptors (Lipinski definition) is 7. The molecule has 40 heavy (non-hydrogen) atoms. The Labute approximate surface area is 233 Å². The van der Waals surface area contributed by atoms with Crippen LogP contribution in [0.1, 0.15) is 60.3 Å². The first-order chi connectivity index (χ1) is 19.4. The number of pyridine rings is 3. The van der Waals surface area contributed by atoms with E-state index in [-0.39, 0.29) is 11.9 Å². The molecule has 0 spiro atoms. The van der Waals surface area contributed by atoms with Gasteiger partial charge in [0.2, 0.25) is 0 Å². The number of hydrogen-bond donors (Lipinski definition) is 3. The fraction of sp³-hybridized carbons (Fsp3) is 0.156. The van der Waals surface area contributed by atoms with Crippen LogP contribution >= 0.6 is 0 Å². The molecule has 7 nitrogen and oxygen atoms in total. The van der Waals surface area contributed by atoms with Gasteiger partial charge in [-0.3, -0.25) is 9.97 Å². The third-order valence-electron chi connectivity index (χ3n) is 6.35. The van der Waals surface area contributed by atoms with E-state index in [1.807, 2.05) is 57.2 Å². The second-order valence-electron chi connectivity index (χ2n) is 9.10. The lowest BCUT2D eigenvalue weighted by molar-refractivity contribution is 0.623. The first-order valence-corrected chi connectivity index (χ1v) is 12.9. The van der Waals surface area contributed by atoms with Crippen LogP contribution in [0.15, 0.2) is 79.3 Å². The molecule has 1 unspecified atom stereocenters. The van der Waals surface area contributed by atoms with Crippen molar-refractivity contribution in [3.63, 3.8) is 0 Å². The molecule has 4 aromatic rings. The van der Waals surface area contributed by atoms with E-state index in [1.165, 1.54) is 24.5 Å². The van der Waals surface area contributed by atoms with Crippen LogP contribution < -0.4 is 10.6 Å². The minimum Gasteiger partial charge on any atom is -0.378 e. The van der Waals surface area contributed by atoms with Gasteiger partial charge in [0.1, 0.15) is 17.7 Å². The minimum absolute atomic E-state index is 0.100. The zero-order chi connectivity index (χ0) is 28.5. The summed E-state index contributed by atoms with van der Waals surface area (Å²) in [4.78, 5) is 13.6. The van der Waals surface area contributed by atoms with Gasteiger partial charge in [0, 0.05) is 59.8 Å². The molecule has 0 aliphatic heterocycles. The number of nitrogens with one attached hydrogen (secondary N) is 3. The van der Waals surface area contributed by atoms with E-state index in [0.717, 1.165) is 44.9 Å². The lowest BCUT2D eigenvalue weighted by atomic mass is 10.1. The number of halogens is 1. The molecule has 8 heteroatoms. The number of nitriles is 1. The zero-order valence-corrected chi connectivity index (χ0v) is 22.6. The van der Waals surface area contributed by atoms with Gasteiger partial charge in [-0.05, 0) is 68.3 Å². The Morgan fingerprint density at radius 1 is 1.05 bits per heavy atom. The molecular weight excluding hydrogens is 501 g/mol. The highest BCUT2D eigenvalue weighted by atomic mass is 19.1. The second kappa shape index (κ2) is 13.1. The van der Waals surface area contributed by atoms with Crippen molar-refractivity contribution >= 4 is 23.8 Å². The first-order valence-electron chi connectivity index (χ1n) is 12.9. The smallest absolute Gasteiger partial charge is 0.135 e. The van der Waals surface area contributed by atoms with Crippen LogP contribution in [-0.2, 0) is 6.54 Å². The standard InChI is InChI=1S/C32H30FN7/c1-4-6-30-25(16-35)14-26(20-37-30)31-12-7-22(17-36-31)18-38-32-28(13-23(15-34)19-39-32)29(5-2)40-21(3)24-8-10-27(33)11-9-24/h4-14,16-17,19-21,35,40H,18H2,1-3H3,(H,38,39)/b6-4+,29-5-,35-16?. The summed E-state index contributed by atoms with van der Waals surface area (Å²) in [5.74, 6) is 0.339. The molecule has 0 saturated heterocycles. The molecule has 3 N–H and O–H groups in total. The molecule has 3 heterocycles. The SMILES string of the molecule is C/C=C(\NC(C)c1ccc(F)cc1)c1cc(C#N)cnc1NCc1ccc(-c2cnc(/C=C/C)c(C=N)c2)nc1. The highest BCUT2D eigenvalue weighted by Crippen LogP contribution is 2.26. The van der Waals surface area contributed by atoms with Crippen LogP contribution in [0.3, 0.4) is 0 Å². The lowest BCUT2D eigenvalue weighted by Gasteiger charge is -2.21. The quantitative estimate of drug-likeness (QED) is 0.192. The van der Waals surface area contributed by atoms with Crippen LogP contribution in [-0.4, -0.2) is 21.2 Å². The van der Waals surface area contributed by atoms with Crippen molar-refractivity contribution in [2.24, 2.45) is 0 Å². The molecule has 0 amide bonds. The van der Waals surface area contributed by atoms with E-state index in [0.29, 0.717) is 17.9 Å². The summed E-state index contributed by atoms with van der Waals surface area (Å²) in [6, 6.07) is 16.0. The van der Waals surface area contributed by atoms with Gasteiger partial charge in [0.15, 0.2) is 0 Å². The molecule has 200 valence electrons. The third kappa shape index (κ3) is 6.63. The Balaban J connectivity index is 1.52. The number of benzene rings is 1. The average Bonchev–Trinajstić information content (AvgIpc) is 2.99. The van der Waals surface area contributed by atoms with Crippen LogP contribution in [0, 0.1) is 22.6 Å². The van der Waals surface area contributed by atoms with Gasteiger partial charge in [-0.1, -0.05) is 30.4 Å². The largest absolute Gasteiger partial charge is 0.378 e. The predicted octanol–water partition coefficient (Wildman–Crippen LogP) is 6.90. The summed E-state index contributed by atoms with van der Waals surface area (Å²) in [5, 5.41) is 24.0. The molecule has 1 atom stereocenters. The highest BCUT2D eigenvalue weighted by molar-refractivity contribution is 5.84. The van der Waals surface area contributed by atoms with Crippen molar-refractivity contribution in [1.29, 1.82) is 10.7 Å². The van der Waals surface area contributed by atoms with Crippen molar-refractivity contribution < 1.29 is 4.39 Å². The Kier molecular flexibility index (Phi) is 9.11. The number of rotatable bonds is 10. The molecule has 0 radical (unpaired) electrons. The Morgan fingerprint density at radius 2 is 1.85 bits per heavy atom. The van der Waals surface area contributed by atoms with Crippen LogP contribution in [0.25, 0.3) is 23.0 Å². The van der Waals surface area contributed by atoms with Gasteiger partial charge >= 0.3 is 0 Å². The molecule has 0 bridgehead atoms. The monoisotopic (exact) mass is 531 g/mol. The van der Waals surface area contributed by atoms with E-state index in [9.17, 15) is 9.65 Å². The van der Waals surface area contributed by atoms with E-state index in [1.54, 1.807) is 30.6 Å². The Hall–Kier alpha value is -5.16. The molecule has 0 saturated carbocycles. The minimum atomic E-state index is -0.280. The van der Waals surface area contributed by atoms with Crippen molar-refractivity contribution in [1.82, 2.24) is 20.3 Å². The summed E-state index contributed by atoms with van der Waals surface area (Å²) < 4.78 is 13.4. The van der Waals surface area contributed by atoms with Gasteiger partial charge in [0.25, 0.3) is 0 Å². The number of nitrogens with zero attached hydrogens (tertiary/aromatic N) is 4. The van der Waals surface area contributed by atoms with Crippen molar-refractivity contribution in [3.8, 4) is 17.3 Å². The van der Waals surface area contributed by atoms with Gasteiger partial charge in [-0.25, -0.2) is 9.37 Å². The normalized spacial score (nSPS) is 12.1. The fourth-order valence-corrected chi connectivity index (χ4v) is 4.19. The Bertz CT molecular complexity index is 1580. The van der Waals surface area contributed by atoms with Gasteiger partial charge in [-0.15, -0.1) is 0 Å². The predicted molar refractivity (Wildman–Crippen MR) is 158 cm³/mol. The number of allylic oxidation sites excluding steroid dienone is 2. The number of anilines is 1. The van der Waals surface area contributed by atoms with Gasteiger partial charge < -0.3 is 16.0 Å². The fourth-order valence-electron chi connectivity index (χ4n) is 4.19. The average molecular weight is 532 g/mol. The van der Waals surface area contributed by atoms with E-state index >= 15 is 0 Å². The maximum Gasteiger partial charge on any atom is 0.135 e. The first kappa shape index (κ1) is 27.9. The number of aromatic nitrogens is 3. The molecule has 3 aromatic heterocycles. The summed E-state index contributed by atoms with van der Waals surface area (Å²) in [5.41, 5.74) is 6.95. The van der Waals surface area contributed by atoms with Gasteiger partial charge in [-0.2, -0.15) is 5.26 Å². The van der Waals surface area contributed by atoms with Crippen LogP contribution in [0.4, 0.5) is 10.2 Å². The molecule has 0 fully saturated rings. The molecule has 1 aromatic carbocycles. The zero-order valence-electron chi connectivity index (χ0n) is 22.6. The third-order valence-corrected chi connectivity index (χ3v) is 6.35. The summed E-state index contributed by atoms with van der Waals surface area (Å²) in [6.07, 6.45) is 12.1. The second-order valence-corrected chi connectivity index (χ2v) is 9.10. The van der Waals surface area contributed by atoms with E-state index < -0.39 is 0 Å². The molecule has 0 aliphatic carbocycles. The van der Waals surface area contributed by atoms with Crippen molar-refractivity contribution in [2.45, 2.75) is 33.4 Å². The van der Waals surface area contributed by atoms with Crippen LogP contribution in [0.5, 0.6) is 0 Å². The lowest BCUT2D eigenvalue weighted by Crippen LogP contribution is -2.18. The van der Waals surface area contributed by atoms with Crippen LogP contribution in [0.2, 0.25) is 0 Å². The summed E-state index contributed by atoms with van der Waals surface area (Å²) in [7, 11) is 0. The molecular formula is C32H30FN7. The summed E-state index contributed by atoms with van der Waals surface area (Å²) >= 11 is 0. The van der Waals surface area contributed by atoms with Crippen molar-refractivity contribution in [2.75, 3.05) is 5.32 Å². The Morgan fingerprint density at radius 3 is 2.50 bits per heavy atom. The van der Waals surface area contributed by atoms with E-state index in [4.69, 9.17) is 5.41 Å². The van der Waals surface area contributed by atoms with Gasteiger partial charge in [0.05, 0.1) is 17.0 Å². The topological polar surface area (TPSA) is 110 Å². The summed E-state index contributed by atoms with van der Waals surface area (Å²) in [6.45, 7) is 6.29. The maximum absolute atomic E-state index is 13.4. The molecule has 0 aliphatic rings. The van der Waals surface area contributed by atoms with E-state index in [2.05, 4.69) is 31.7 Å². The molecule has 4 rings (SSSR count).